The molecule has 1 aromatic heterocycles. The second-order valence-electron chi connectivity index (χ2n) is 4.24. The largest absolute Gasteiger partial charge is 0.326 e. The van der Waals surface area contributed by atoms with Gasteiger partial charge in [0.05, 0.1) is 23.7 Å². The predicted octanol–water partition coefficient (Wildman–Crippen LogP) is 2.15. The van der Waals surface area contributed by atoms with Gasteiger partial charge in [-0.15, -0.1) is 11.3 Å². The van der Waals surface area contributed by atoms with Crippen LogP contribution in [0.1, 0.15) is 18.2 Å². The van der Waals surface area contributed by atoms with Gasteiger partial charge in [0.2, 0.25) is 11.8 Å². The number of carbonyl (C=O) groups excluding carboxylic acids is 2. The van der Waals surface area contributed by atoms with Gasteiger partial charge in [-0.25, -0.2) is 4.98 Å². The summed E-state index contributed by atoms with van der Waals surface area (Å²) in [6.07, 6.45) is 0.121. The first kappa shape index (κ1) is 14.7. The number of rotatable bonds is 4. The fourth-order valence-electron chi connectivity index (χ4n) is 1.59. The van der Waals surface area contributed by atoms with Crippen molar-refractivity contribution in [2.75, 3.05) is 10.6 Å². The Morgan fingerprint density at radius 3 is 2.62 bits per heavy atom. The molecule has 0 aliphatic heterocycles. The van der Waals surface area contributed by atoms with Crippen molar-refractivity contribution in [2.24, 2.45) is 0 Å². The molecule has 0 saturated carbocycles. The van der Waals surface area contributed by atoms with E-state index in [9.17, 15) is 9.59 Å². The molecular weight excluding hydrogens is 288 g/mol. The van der Waals surface area contributed by atoms with Crippen LogP contribution < -0.4 is 10.6 Å². The van der Waals surface area contributed by atoms with Gasteiger partial charge in [0, 0.05) is 18.0 Å². The summed E-state index contributed by atoms with van der Waals surface area (Å²) in [5, 5.41) is 16.2. The van der Waals surface area contributed by atoms with Crippen molar-refractivity contribution >= 4 is 34.0 Å². The smallest absolute Gasteiger partial charge is 0.230 e. The van der Waals surface area contributed by atoms with Crippen LogP contribution in [0.15, 0.2) is 29.6 Å². The van der Waals surface area contributed by atoms with Crippen LogP contribution in [-0.4, -0.2) is 16.8 Å². The number of nitriles is 1. The summed E-state index contributed by atoms with van der Waals surface area (Å²) in [6.45, 7) is 1.40. The number of carbonyl (C=O) groups is 2. The van der Waals surface area contributed by atoms with E-state index in [1.54, 1.807) is 29.6 Å². The molecule has 7 heteroatoms. The van der Waals surface area contributed by atoms with Crippen molar-refractivity contribution in [3.05, 3.63) is 40.9 Å². The Labute approximate surface area is 125 Å². The topological polar surface area (TPSA) is 94.9 Å². The molecule has 0 bridgehead atoms. The third-order valence-electron chi connectivity index (χ3n) is 2.47. The molecule has 0 unspecified atom stereocenters. The highest BCUT2D eigenvalue weighted by molar-refractivity contribution is 7.13. The molecule has 0 aliphatic carbocycles. The van der Waals surface area contributed by atoms with E-state index in [0.717, 1.165) is 0 Å². The standard InChI is InChI=1S/C14H12N4O2S/c1-9(19)16-14-18-12(8-21-14)6-13(20)17-11-4-2-10(7-15)3-5-11/h2-5,8H,6H2,1H3,(H,17,20)(H,16,18,19). The lowest BCUT2D eigenvalue weighted by Gasteiger charge is -2.03. The van der Waals surface area contributed by atoms with Crippen LogP contribution >= 0.6 is 11.3 Å². The maximum atomic E-state index is 11.9. The monoisotopic (exact) mass is 300 g/mol. The Morgan fingerprint density at radius 2 is 2.00 bits per heavy atom. The molecular formula is C14H12N4O2S. The van der Waals surface area contributed by atoms with Gasteiger partial charge in [0.25, 0.3) is 0 Å². The zero-order valence-corrected chi connectivity index (χ0v) is 12.0. The summed E-state index contributed by atoms with van der Waals surface area (Å²) < 4.78 is 0. The summed E-state index contributed by atoms with van der Waals surface area (Å²) in [4.78, 5) is 26.9. The quantitative estimate of drug-likeness (QED) is 0.904. The lowest BCUT2D eigenvalue weighted by atomic mass is 10.2. The number of hydrogen-bond donors (Lipinski definition) is 2. The fourth-order valence-corrected chi connectivity index (χ4v) is 2.35. The predicted molar refractivity (Wildman–Crippen MR) is 79.9 cm³/mol. The van der Waals surface area contributed by atoms with Crippen LogP contribution in [0.5, 0.6) is 0 Å². The van der Waals surface area contributed by atoms with Crippen molar-refractivity contribution in [3.8, 4) is 6.07 Å². The number of thiazole rings is 1. The van der Waals surface area contributed by atoms with Crippen LogP contribution in [0.25, 0.3) is 0 Å². The molecule has 0 aliphatic rings. The highest BCUT2D eigenvalue weighted by Gasteiger charge is 2.09. The van der Waals surface area contributed by atoms with E-state index in [0.29, 0.717) is 22.1 Å². The van der Waals surface area contributed by atoms with E-state index in [-0.39, 0.29) is 18.2 Å². The first-order valence-corrected chi connectivity index (χ1v) is 6.97. The molecule has 6 nitrogen and oxygen atoms in total. The van der Waals surface area contributed by atoms with Crippen molar-refractivity contribution in [2.45, 2.75) is 13.3 Å². The third kappa shape index (κ3) is 4.40. The number of anilines is 2. The van der Waals surface area contributed by atoms with Crippen molar-refractivity contribution in [3.63, 3.8) is 0 Å². The minimum atomic E-state index is -0.209. The Morgan fingerprint density at radius 1 is 1.29 bits per heavy atom. The van der Waals surface area contributed by atoms with Crippen LogP contribution in [0.3, 0.4) is 0 Å². The van der Waals surface area contributed by atoms with Gasteiger partial charge < -0.3 is 10.6 Å². The Balaban J connectivity index is 1.93. The second-order valence-corrected chi connectivity index (χ2v) is 5.10. The molecule has 106 valence electrons. The molecule has 1 heterocycles. The number of nitrogens with one attached hydrogen (secondary N) is 2. The van der Waals surface area contributed by atoms with Gasteiger partial charge in [-0.2, -0.15) is 5.26 Å². The fraction of sp³-hybridized carbons (Fsp3) is 0.143. The van der Waals surface area contributed by atoms with Crippen LogP contribution in [0.4, 0.5) is 10.8 Å². The second kappa shape index (κ2) is 6.63. The average Bonchev–Trinajstić information content (AvgIpc) is 2.85. The maximum absolute atomic E-state index is 11.9. The van der Waals surface area contributed by atoms with Gasteiger partial charge in [0.1, 0.15) is 0 Å². The number of amides is 2. The summed E-state index contributed by atoms with van der Waals surface area (Å²) in [7, 11) is 0. The number of hydrogen-bond acceptors (Lipinski definition) is 5. The third-order valence-corrected chi connectivity index (χ3v) is 3.28. The number of benzene rings is 1. The molecule has 0 saturated heterocycles. The lowest BCUT2D eigenvalue weighted by Crippen LogP contribution is -2.14. The summed E-state index contributed by atoms with van der Waals surface area (Å²) in [5.74, 6) is -0.405. The lowest BCUT2D eigenvalue weighted by molar-refractivity contribution is -0.116. The Bertz CT molecular complexity index is 701. The molecule has 1 aromatic carbocycles. The van der Waals surface area contributed by atoms with E-state index >= 15 is 0 Å². The van der Waals surface area contributed by atoms with Crippen LogP contribution in [-0.2, 0) is 16.0 Å². The first-order chi connectivity index (χ1) is 10.1. The molecule has 0 fully saturated rings. The maximum Gasteiger partial charge on any atom is 0.230 e. The zero-order valence-electron chi connectivity index (χ0n) is 11.2. The van der Waals surface area contributed by atoms with Gasteiger partial charge >= 0.3 is 0 Å². The minimum absolute atomic E-state index is 0.121. The first-order valence-electron chi connectivity index (χ1n) is 6.09. The van der Waals surface area contributed by atoms with Gasteiger partial charge in [-0.05, 0) is 24.3 Å². The Hall–Kier alpha value is -2.72. The van der Waals surface area contributed by atoms with Crippen molar-refractivity contribution in [1.29, 1.82) is 5.26 Å². The minimum Gasteiger partial charge on any atom is -0.326 e. The van der Waals surface area contributed by atoms with Crippen molar-refractivity contribution in [1.82, 2.24) is 4.98 Å². The normalized spacial score (nSPS) is 9.71. The summed E-state index contributed by atoms with van der Waals surface area (Å²) in [6, 6.07) is 8.61. The number of aromatic nitrogens is 1. The van der Waals surface area contributed by atoms with Gasteiger partial charge in [-0.3, -0.25) is 9.59 Å². The van der Waals surface area contributed by atoms with Gasteiger partial charge in [-0.1, -0.05) is 0 Å². The molecule has 2 amide bonds. The van der Waals surface area contributed by atoms with E-state index in [4.69, 9.17) is 5.26 Å². The molecule has 2 rings (SSSR count). The highest BCUT2D eigenvalue weighted by Crippen LogP contribution is 2.16. The van der Waals surface area contributed by atoms with E-state index in [2.05, 4.69) is 15.6 Å². The SMILES string of the molecule is CC(=O)Nc1nc(CC(=O)Nc2ccc(C#N)cc2)cs1. The van der Waals surface area contributed by atoms with E-state index in [1.165, 1.54) is 18.3 Å². The van der Waals surface area contributed by atoms with Crippen molar-refractivity contribution < 1.29 is 9.59 Å². The average molecular weight is 300 g/mol. The molecule has 0 atom stereocenters. The van der Waals surface area contributed by atoms with E-state index in [1.807, 2.05) is 6.07 Å². The molecule has 0 spiro atoms. The summed E-state index contributed by atoms with van der Waals surface area (Å²) in [5.41, 5.74) is 1.75. The number of nitrogens with zero attached hydrogens (tertiary/aromatic N) is 2. The molecule has 21 heavy (non-hydrogen) atoms. The molecule has 2 N–H and O–H groups in total. The van der Waals surface area contributed by atoms with E-state index < -0.39 is 0 Å². The summed E-state index contributed by atoms with van der Waals surface area (Å²) >= 11 is 1.27. The van der Waals surface area contributed by atoms with Gasteiger partial charge in [0.15, 0.2) is 5.13 Å². The highest BCUT2D eigenvalue weighted by atomic mass is 32.1. The Kier molecular flexibility index (Phi) is 4.64. The molecule has 0 radical (unpaired) electrons. The van der Waals surface area contributed by atoms with Crippen LogP contribution in [0.2, 0.25) is 0 Å². The van der Waals surface area contributed by atoms with Crippen LogP contribution in [0, 0.1) is 11.3 Å². The molecule has 2 aromatic rings. The zero-order chi connectivity index (χ0) is 15.2.